The first-order valence-corrected chi connectivity index (χ1v) is 10.1. The number of aromatic nitrogens is 4. The molecule has 4 aromatic rings. The van der Waals surface area contributed by atoms with Crippen LogP contribution >= 0.6 is 24.0 Å². The average molecular weight is 517 g/mol. The fourth-order valence-corrected chi connectivity index (χ4v) is 3.70. The number of fused-ring (bicyclic) bond motifs is 2. The highest BCUT2D eigenvalue weighted by Gasteiger charge is 2.08. The van der Waals surface area contributed by atoms with Gasteiger partial charge in [-0.3, -0.25) is 9.39 Å². The molecule has 0 fully saturated rings. The number of rotatable bonds is 7. The van der Waals surface area contributed by atoms with Crippen molar-refractivity contribution in [3.63, 3.8) is 0 Å². The minimum atomic E-state index is 0. The average Bonchev–Trinajstić information content (AvgIpc) is 3.30. The Morgan fingerprint density at radius 1 is 1.03 bits per heavy atom. The fourth-order valence-electron chi connectivity index (χ4n) is 3.70. The minimum absolute atomic E-state index is 0. The molecule has 1 aromatic carbocycles. The molecule has 0 radical (unpaired) electrons. The maximum absolute atomic E-state index is 4.33. The van der Waals surface area contributed by atoms with E-state index >= 15 is 0 Å². The second kappa shape index (κ2) is 10.4. The molecule has 30 heavy (non-hydrogen) atoms. The molecule has 0 spiro atoms. The van der Waals surface area contributed by atoms with Crippen LogP contribution < -0.4 is 10.6 Å². The quantitative estimate of drug-likeness (QED) is 0.152. The van der Waals surface area contributed by atoms with Crippen molar-refractivity contribution in [2.75, 3.05) is 20.1 Å². The summed E-state index contributed by atoms with van der Waals surface area (Å²) in [6.07, 6.45) is 4.77. The lowest BCUT2D eigenvalue weighted by molar-refractivity contribution is 0.713. The summed E-state index contributed by atoms with van der Waals surface area (Å²) in [6.45, 7) is 3.79. The summed E-state index contributed by atoms with van der Waals surface area (Å²) in [5.74, 6) is 1.81. The summed E-state index contributed by atoms with van der Waals surface area (Å²) in [7, 11) is 1.80. The van der Waals surface area contributed by atoms with E-state index in [2.05, 4.69) is 62.0 Å². The molecule has 0 aliphatic carbocycles. The van der Waals surface area contributed by atoms with Gasteiger partial charge in [-0.1, -0.05) is 24.3 Å². The third-order valence-electron chi connectivity index (χ3n) is 5.17. The number of aliphatic imine (C=N–C) groups is 1. The number of para-hydroxylation sites is 1. The molecule has 0 aliphatic rings. The van der Waals surface area contributed by atoms with Crippen LogP contribution in [0, 0.1) is 6.92 Å². The van der Waals surface area contributed by atoms with Crippen LogP contribution in [0.25, 0.3) is 16.6 Å². The van der Waals surface area contributed by atoms with Crippen LogP contribution in [0.5, 0.6) is 0 Å². The van der Waals surface area contributed by atoms with Gasteiger partial charge in [0.25, 0.3) is 0 Å². The van der Waals surface area contributed by atoms with Gasteiger partial charge in [-0.15, -0.1) is 34.2 Å². The Morgan fingerprint density at radius 3 is 2.70 bits per heavy atom. The van der Waals surface area contributed by atoms with E-state index in [0.717, 1.165) is 49.8 Å². The zero-order chi connectivity index (χ0) is 20.1. The summed E-state index contributed by atoms with van der Waals surface area (Å²) in [5.41, 5.74) is 4.68. The number of aryl methyl sites for hydroxylation is 2. The van der Waals surface area contributed by atoms with Crippen molar-refractivity contribution in [3.8, 4) is 0 Å². The molecule has 3 aromatic heterocycles. The van der Waals surface area contributed by atoms with Crippen LogP contribution in [-0.2, 0) is 12.8 Å². The van der Waals surface area contributed by atoms with Gasteiger partial charge in [-0.05, 0) is 43.5 Å². The molecule has 0 aliphatic heterocycles. The largest absolute Gasteiger partial charge is 0.358 e. The minimum Gasteiger partial charge on any atom is -0.358 e. The van der Waals surface area contributed by atoms with E-state index in [0.29, 0.717) is 0 Å². The lowest BCUT2D eigenvalue weighted by Crippen LogP contribution is -2.38. The van der Waals surface area contributed by atoms with Gasteiger partial charge in [0.2, 0.25) is 0 Å². The monoisotopic (exact) mass is 517 g/mol. The van der Waals surface area contributed by atoms with Crippen molar-refractivity contribution < 1.29 is 0 Å². The molecule has 3 heterocycles. The summed E-state index contributed by atoms with van der Waals surface area (Å²) in [4.78, 5) is 7.79. The van der Waals surface area contributed by atoms with Gasteiger partial charge in [0, 0.05) is 49.4 Å². The van der Waals surface area contributed by atoms with Crippen LogP contribution in [0.4, 0.5) is 0 Å². The van der Waals surface area contributed by atoms with E-state index in [1.165, 1.54) is 22.2 Å². The first-order chi connectivity index (χ1) is 14.3. The SMILES string of the molecule is CN=C(NCCCc1nnc2ccccn12)NCCc1c(C)[nH]c2ccccc12.I. The van der Waals surface area contributed by atoms with Crippen molar-refractivity contribution in [1.29, 1.82) is 0 Å². The summed E-state index contributed by atoms with van der Waals surface area (Å²) in [5, 5.41) is 16.6. The molecule has 3 N–H and O–H groups in total. The van der Waals surface area contributed by atoms with Gasteiger partial charge in [0.1, 0.15) is 5.82 Å². The Kier molecular flexibility index (Phi) is 7.67. The van der Waals surface area contributed by atoms with Crippen LogP contribution in [-0.4, -0.2) is 45.7 Å². The van der Waals surface area contributed by atoms with Crippen molar-refractivity contribution in [3.05, 3.63) is 65.7 Å². The number of benzene rings is 1. The van der Waals surface area contributed by atoms with Crippen LogP contribution in [0.15, 0.2) is 53.7 Å². The molecule has 0 bridgehead atoms. The Bertz CT molecular complexity index is 1130. The van der Waals surface area contributed by atoms with Crippen LogP contribution in [0.2, 0.25) is 0 Å². The highest BCUT2D eigenvalue weighted by molar-refractivity contribution is 14.0. The van der Waals surface area contributed by atoms with Gasteiger partial charge in [-0.25, -0.2) is 0 Å². The maximum Gasteiger partial charge on any atom is 0.190 e. The number of halogens is 1. The van der Waals surface area contributed by atoms with Crippen molar-refractivity contribution in [1.82, 2.24) is 30.2 Å². The molecule has 0 amide bonds. The Morgan fingerprint density at radius 2 is 1.83 bits per heavy atom. The standard InChI is InChI=1S/C22H27N7.HI/c1-16-17(18-8-3-4-9-19(18)26-16)12-14-25-22(23-2)24-13-7-11-21-28-27-20-10-5-6-15-29(20)21;/h3-6,8-10,15,26H,7,11-14H2,1-2H3,(H2,23,24,25);1H. The van der Waals surface area contributed by atoms with E-state index in [9.17, 15) is 0 Å². The summed E-state index contributed by atoms with van der Waals surface area (Å²) in [6, 6.07) is 14.4. The number of hydrogen-bond donors (Lipinski definition) is 3. The lowest BCUT2D eigenvalue weighted by Gasteiger charge is -2.12. The summed E-state index contributed by atoms with van der Waals surface area (Å²) >= 11 is 0. The van der Waals surface area contributed by atoms with Crippen molar-refractivity contribution >= 4 is 46.5 Å². The Balaban J connectivity index is 0.00000256. The Labute approximate surface area is 193 Å². The lowest BCUT2D eigenvalue weighted by atomic mass is 10.1. The van der Waals surface area contributed by atoms with Gasteiger partial charge in [0.05, 0.1) is 0 Å². The number of aromatic amines is 1. The molecular formula is C22H28IN7. The molecule has 7 nitrogen and oxygen atoms in total. The molecule has 158 valence electrons. The number of guanidine groups is 1. The number of pyridine rings is 1. The van der Waals surface area contributed by atoms with Crippen molar-refractivity contribution in [2.24, 2.45) is 4.99 Å². The smallest absolute Gasteiger partial charge is 0.190 e. The van der Waals surface area contributed by atoms with Gasteiger partial charge >= 0.3 is 0 Å². The van der Waals surface area contributed by atoms with E-state index in [1.807, 2.05) is 28.8 Å². The second-order valence-electron chi connectivity index (χ2n) is 7.10. The molecule has 0 saturated heterocycles. The maximum atomic E-state index is 4.33. The summed E-state index contributed by atoms with van der Waals surface area (Å²) < 4.78 is 2.04. The van der Waals surface area contributed by atoms with E-state index in [1.54, 1.807) is 7.05 Å². The third-order valence-corrected chi connectivity index (χ3v) is 5.17. The van der Waals surface area contributed by atoms with Crippen LogP contribution in [0.3, 0.4) is 0 Å². The molecule has 8 heteroatoms. The normalized spacial score (nSPS) is 11.6. The van der Waals surface area contributed by atoms with E-state index < -0.39 is 0 Å². The molecular weight excluding hydrogens is 489 g/mol. The molecule has 0 saturated carbocycles. The van der Waals surface area contributed by atoms with Crippen molar-refractivity contribution in [2.45, 2.75) is 26.2 Å². The predicted molar refractivity (Wildman–Crippen MR) is 133 cm³/mol. The van der Waals surface area contributed by atoms with Gasteiger partial charge in [-0.2, -0.15) is 0 Å². The number of hydrogen-bond acceptors (Lipinski definition) is 3. The highest BCUT2D eigenvalue weighted by Crippen LogP contribution is 2.21. The molecule has 4 rings (SSSR count). The Hall–Kier alpha value is -2.62. The zero-order valence-corrected chi connectivity index (χ0v) is 19.7. The number of nitrogens with zero attached hydrogens (tertiary/aromatic N) is 4. The third kappa shape index (κ3) is 4.92. The van der Waals surface area contributed by atoms with E-state index in [4.69, 9.17) is 0 Å². The second-order valence-corrected chi connectivity index (χ2v) is 7.10. The zero-order valence-electron chi connectivity index (χ0n) is 17.4. The highest BCUT2D eigenvalue weighted by atomic mass is 127. The van der Waals surface area contributed by atoms with E-state index in [-0.39, 0.29) is 24.0 Å². The number of H-pyrrole nitrogens is 1. The first kappa shape index (κ1) is 22.1. The molecule has 0 unspecified atom stereocenters. The number of nitrogens with one attached hydrogen (secondary N) is 3. The van der Waals surface area contributed by atoms with Gasteiger partial charge in [0.15, 0.2) is 11.6 Å². The van der Waals surface area contributed by atoms with Gasteiger partial charge < -0.3 is 15.6 Å². The molecule has 0 atom stereocenters. The predicted octanol–water partition coefficient (Wildman–Crippen LogP) is 3.48. The van der Waals surface area contributed by atoms with Crippen LogP contribution in [0.1, 0.15) is 23.5 Å². The fraction of sp³-hybridized carbons (Fsp3) is 0.318. The first-order valence-electron chi connectivity index (χ1n) is 10.1. The topological polar surface area (TPSA) is 82.4 Å².